The Bertz CT molecular complexity index is 321. The van der Waals surface area contributed by atoms with E-state index < -0.39 is 0 Å². The minimum atomic E-state index is 0.827. The third kappa shape index (κ3) is 2.66. The summed E-state index contributed by atoms with van der Waals surface area (Å²) in [6, 6.07) is 2.10. The monoisotopic (exact) mass is 222 g/mol. The Kier molecular flexibility index (Phi) is 4.02. The van der Waals surface area contributed by atoms with Gasteiger partial charge in [0.25, 0.3) is 0 Å². The van der Waals surface area contributed by atoms with Gasteiger partial charge >= 0.3 is 0 Å². The van der Waals surface area contributed by atoms with Crippen LogP contribution in [0.2, 0.25) is 0 Å². The average molecular weight is 222 g/mol. The molecule has 3 nitrogen and oxygen atoms in total. The number of hydrogen-bond acceptors (Lipinski definition) is 3. The molecule has 0 saturated carbocycles. The van der Waals surface area contributed by atoms with Gasteiger partial charge in [-0.2, -0.15) is 0 Å². The van der Waals surface area contributed by atoms with Gasteiger partial charge in [0.15, 0.2) is 0 Å². The van der Waals surface area contributed by atoms with Crippen molar-refractivity contribution in [3.63, 3.8) is 0 Å². The van der Waals surface area contributed by atoms with Gasteiger partial charge in [0.05, 0.1) is 12.8 Å². The van der Waals surface area contributed by atoms with Crippen LogP contribution in [-0.4, -0.2) is 25.0 Å². The molecule has 0 bridgehead atoms. The van der Waals surface area contributed by atoms with E-state index >= 15 is 0 Å². The summed E-state index contributed by atoms with van der Waals surface area (Å²) >= 11 is 0. The standard InChI is InChI=1S/C13H22N2O/c1-3-11-4-6-15(9-11)10-12-5-7-16-13(12)8-14-2/h5,7,11,14H,3-4,6,8-10H2,1-2H3. The van der Waals surface area contributed by atoms with Gasteiger partial charge < -0.3 is 9.73 Å². The number of nitrogens with one attached hydrogen (secondary N) is 1. The fraction of sp³-hybridized carbons (Fsp3) is 0.692. The van der Waals surface area contributed by atoms with E-state index in [1.807, 2.05) is 7.05 Å². The largest absolute Gasteiger partial charge is 0.468 e. The fourth-order valence-electron chi connectivity index (χ4n) is 2.45. The van der Waals surface area contributed by atoms with Crippen LogP contribution in [0.3, 0.4) is 0 Å². The zero-order valence-corrected chi connectivity index (χ0v) is 10.3. The lowest BCUT2D eigenvalue weighted by molar-refractivity contribution is 0.311. The van der Waals surface area contributed by atoms with Gasteiger partial charge in [-0.3, -0.25) is 4.90 Å². The van der Waals surface area contributed by atoms with Crippen molar-refractivity contribution in [3.05, 3.63) is 23.7 Å². The molecule has 1 aliphatic heterocycles. The zero-order chi connectivity index (χ0) is 11.4. The summed E-state index contributed by atoms with van der Waals surface area (Å²) in [4.78, 5) is 2.54. The zero-order valence-electron chi connectivity index (χ0n) is 10.3. The van der Waals surface area contributed by atoms with E-state index in [4.69, 9.17) is 4.42 Å². The minimum absolute atomic E-state index is 0.827. The van der Waals surface area contributed by atoms with Crippen LogP contribution in [-0.2, 0) is 13.1 Å². The second-order valence-corrected chi connectivity index (χ2v) is 4.70. The van der Waals surface area contributed by atoms with E-state index in [2.05, 4.69) is 23.2 Å². The molecule has 1 N–H and O–H groups in total. The molecule has 3 heteroatoms. The van der Waals surface area contributed by atoms with Gasteiger partial charge in [-0.25, -0.2) is 0 Å². The van der Waals surface area contributed by atoms with E-state index in [9.17, 15) is 0 Å². The molecule has 1 unspecified atom stereocenters. The van der Waals surface area contributed by atoms with Crippen LogP contribution < -0.4 is 5.32 Å². The average Bonchev–Trinajstić information content (AvgIpc) is 2.90. The molecule has 1 atom stereocenters. The van der Waals surface area contributed by atoms with Crippen LogP contribution >= 0.6 is 0 Å². The highest BCUT2D eigenvalue weighted by Crippen LogP contribution is 2.22. The Hall–Kier alpha value is -0.800. The van der Waals surface area contributed by atoms with Crippen LogP contribution in [0.4, 0.5) is 0 Å². The van der Waals surface area contributed by atoms with Crippen molar-refractivity contribution >= 4 is 0 Å². The van der Waals surface area contributed by atoms with Gasteiger partial charge in [-0.1, -0.05) is 13.3 Å². The third-order valence-electron chi connectivity index (χ3n) is 3.52. The predicted molar refractivity (Wildman–Crippen MR) is 65.1 cm³/mol. The van der Waals surface area contributed by atoms with E-state index in [-0.39, 0.29) is 0 Å². The van der Waals surface area contributed by atoms with Crippen molar-refractivity contribution in [2.45, 2.75) is 32.9 Å². The van der Waals surface area contributed by atoms with E-state index in [0.29, 0.717) is 0 Å². The number of rotatable bonds is 5. The fourth-order valence-corrected chi connectivity index (χ4v) is 2.45. The molecule has 1 fully saturated rings. The molecule has 16 heavy (non-hydrogen) atoms. The lowest BCUT2D eigenvalue weighted by Crippen LogP contribution is -2.21. The second kappa shape index (κ2) is 5.51. The molecule has 90 valence electrons. The topological polar surface area (TPSA) is 28.4 Å². The Morgan fingerprint density at radius 2 is 2.44 bits per heavy atom. The molecule has 1 aliphatic rings. The van der Waals surface area contributed by atoms with E-state index in [1.165, 1.54) is 31.5 Å². The summed E-state index contributed by atoms with van der Waals surface area (Å²) in [5.74, 6) is 1.99. The molecule has 2 heterocycles. The predicted octanol–water partition coefficient (Wildman–Crippen LogP) is 2.23. The smallest absolute Gasteiger partial charge is 0.122 e. The molecule has 0 spiro atoms. The molecule has 2 rings (SSSR count). The molecular weight excluding hydrogens is 200 g/mol. The SMILES string of the molecule is CCC1CCN(Cc2ccoc2CNC)C1. The molecule has 0 amide bonds. The normalized spacial score (nSPS) is 21.8. The van der Waals surface area contributed by atoms with Gasteiger partial charge in [-0.15, -0.1) is 0 Å². The minimum Gasteiger partial charge on any atom is -0.468 e. The van der Waals surface area contributed by atoms with Crippen LogP contribution in [0.1, 0.15) is 31.1 Å². The summed E-state index contributed by atoms with van der Waals surface area (Å²) in [5, 5.41) is 3.14. The van der Waals surface area contributed by atoms with Crippen LogP contribution in [0, 0.1) is 5.92 Å². The first-order valence-electron chi connectivity index (χ1n) is 6.25. The van der Waals surface area contributed by atoms with Gasteiger partial charge in [-0.05, 0) is 32.0 Å². The lowest BCUT2D eigenvalue weighted by Gasteiger charge is -2.15. The van der Waals surface area contributed by atoms with Gasteiger partial charge in [0, 0.05) is 18.7 Å². The van der Waals surface area contributed by atoms with Crippen molar-refractivity contribution in [2.24, 2.45) is 5.92 Å². The Morgan fingerprint density at radius 3 is 3.12 bits per heavy atom. The van der Waals surface area contributed by atoms with Crippen molar-refractivity contribution in [2.75, 3.05) is 20.1 Å². The maximum Gasteiger partial charge on any atom is 0.122 e. The third-order valence-corrected chi connectivity index (χ3v) is 3.52. The molecule has 0 aromatic carbocycles. The van der Waals surface area contributed by atoms with Crippen LogP contribution in [0.15, 0.2) is 16.7 Å². The van der Waals surface area contributed by atoms with Gasteiger partial charge in [0.1, 0.15) is 5.76 Å². The van der Waals surface area contributed by atoms with Crippen molar-refractivity contribution < 1.29 is 4.42 Å². The quantitative estimate of drug-likeness (QED) is 0.828. The summed E-state index contributed by atoms with van der Waals surface area (Å²) in [6.45, 7) is 6.65. The van der Waals surface area contributed by atoms with E-state index in [1.54, 1.807) is 6.26 Å². The number of nitrogens with zero attached hydrogens (tertiary/aromatic N) is 1. The maximum atomic E-state index is 5.48. The Labute approximate surface area is 97.8 Å². The van der Waals surface area contributed by atoms with Crippen molar-refractivity contribution in [1.29, 1.82) is 0 Å². The first kappa shape index (κ1) is 11.7. The molecule has 1 aromatic heterocycles. The summed E-state index contributed by atoms with van der Waals surface area (Å²) in [6.07, 6.45) is 4.47. The number of furan rings is 1. The van der Waals surface area contributed by atoms with Crippen molar-refractivity contribution in [3.8, 4) is 0 Å². The Balaban J connectivity index is 1.91. The highest BCUT2D eigenvalue weighted by molar-refractivity contribution is 5.17. The van der Waals surface area contributed by atoms with Gasteiger partial charge in [0.2, 0.25) is 0 Å². The van der Waals surface area contributed by atoms with Crippen molar-refractivity contribution in [1.82, 2.24) is 10.2 Å². The molecule has 1 aromatic rings. The first-order valence-corrected chi connectivity index (χ1v) is 6.25. The highest BCUT2D eigenvalue weighted by Gasteiger charge is 2.21. The molecule has 0 aliphatic carbocycles. The maximum absolute atomic E-state index is 5.48. The molecule has 0 radical (unpaired) electrons. The Morgan fingerprint density at radius 1 is 1.56 bits per heavy atom. The van der Waals surface area contributed by atoms with Crippen LogP contribution in [0.25, 0.3) is 0 Å². The highest BCUT2D eigenvalue weighted by atomic mass is 16.3. The van der Waals surface area contributed by atoms with E-state index in [0.717, 1.165) is 24.8 Å². The van der Waals surface area contributed by atoms with Crippen LogP contribution in [0.5, 0.6) is 0 Å². The summed E-state index contributed by atoms with van der Waals surface area (Å²) in [7, 11) is 1.95. The molecule has 1 saturated heterocycles. The summed E-state index contributed by atoms with van der Waals surface area (Å²) < 4.78 is 5.48. The first-order chi connectivity index (χ1) is 7.83. The second-order valence-electron chi connectivity index (χ2n) is 4.70. The number of likely N-dealkylation sites (tertiary alicyclic amines) is 1. The number of hydrogen-bond donors (Lipinski definition) is 1. The summed E-state index contributed by atoms with van der Waals surface area (Å²) in [5.41, 5.74) is 1.34. The molecular formula is C13H22N2O. The lowest BCUT2D eigenvalue weighted by atomic mass is 10.1.